The van der Waals surface area contributed by atoms with Gasteiger partial charge >= 0.3 is 0 Å². The van der Waals surface area contributed by atoms with Gasteiger partial charge in [-0.05, 0) is 19.4 Å². The minimum atomic E-state index is 0.594. The second-order valence-corrected chi connectivity index (χ2v) is 3.90. The minimum Gasteiger partial charge on any atom is -0.309 e. The zero-order valence-electron chi connectivity index (χ0n) is 9.45. The maximum absolute atomic E-state index is 4.32. The van der Waals surface area contributed by atoms with Crippen LogP contribution >= 0.6 is 0 Å². The molecule has 0 amide bonds. The third kappa shape index (κ3) is 3.92. The Bertz CT molecular complexity index is 255. The van der Waals surface area contributed by atoms with Crippen LogP contribution in [0, 0.1) is 0 Å². The second kappa shape index (κ2) is 5.81. The number of hydrogen-bond acceptors (Lipinski definition) is 2. The van der Waals surface area contributed by atoms with Gasteiger partial charge in [-0.3, -0.25) is 4.68 Å². The van der Waals surface area contributed by atoms with E-state index in [1.807, 2.05) is 17.9 Å². The van der Waals surface area contributed by atoms with Gasteiger partial charge in [0.05, 0.1) is 5.69 Å². The average Bonchev–Trinajstić information content (AvgIpc) is 2.58. The van der Waals surface area contributed by atoms with E-state index in [1.165, 1.54) is 19.3 Å². The van der Waals surface area contributed by atoms with Gasteiger partial charge in [-0.1, -0.05) is 19.8 Å². The Kier molecular flexibility index (Phi) is 4.66. The molecule has 14 heavy (non-hydrogen) atoms. The number of aryl methyl sites for hydroxylation is 1. The van der Waals surface area contributed by atoms with Gasteiger partial charge in [0, 0.05) is 25.8 Å². The summed E-state index contributed by atoms with van der Waals surface area (Å²) in [6.07, 6.45) is 5.81. The van der Waals surface area contributed by atoms with Gasteiger partial charge in [0.15, 0.2) is 0 Å². The van der Waals surface area contributed by atoms with Gasteiger partial charge in [0.1, 0.15) is 0 Å². The Hall–Kier alpha value is -0.830. The lowest BCUT2D eigenvalue weighted by molar-refractivity contribution is 0.489. The number of unbranched alkanes of at least 4 members (excludes halogenated alkanes) is 1. The van der Waals surface area contributed by atoms with Crippen LogP contribution in [0.4, 0.5) is 0 Å². The van der Waals surface area contributed by atoms with Gasteiger partial charge in [-0.2, -0.15) is 5.10 Å². The monoisotopic (exact) mass is 195 g/mol. The highest BCUT2D eigenvalue weighted by molar-refractivity contribution is 4.98. The molecule has 0 radical (unpaired) electrons. The predicted octanol–water partition coefficient (Wildman–Crippen LogP) is 2.09. The average molecular weight is 195 g/mol. The lowest BCUT2D eigenvalue weighted by atomic mass is 10.1. The summed E-state index contributed by atoms with van der Waals surface area (Å²) in [4.78, 5) is 0. The maximum Gasteiger partial charge on any atom is 0.0762 e. The molecule has 1 aromatic heterocycles. The van der Waals surface area contributed by atoms with Crippen molar-refractivity contribution in [2.75, 3.05) is 0 Å². The van der Waals surface area contributed by atoms with Crippen molar-refractivity contribution in [3.63, 3.8) is 0 Å². The highest BCUT2D eigenvalue weighted by atomic mass is 15.3. The zero-order chi connectivity index (χ0) is 10.4. The summed E-state index contributed by atoms with van der Waals surface area (Å²) in [5.41, 5.74) is 1.12. The molecular formula is C11H21N3. The van der Waals surface area contributed by atoms with Crippen LogP contribution in [0.2, 0.25) is 0 Å². The summed E-state index contributed by atoms with van der Waals surface area (Å²) in [7, 11) is 1.95. The summed E-state index contributed by atoms with van der Waals surface area (Å²) in [6.45, 7) is 5.34. The summed E-state index contributed by atoms with van der Waals surface area (Å²) >= 11 is 0. The second-order valence-electron chi connectivity index (χ2n) is 3.90. The zero-order valence-corrected chi connectivity index (χ0v) is 9.45. The van der Waals surface area contributed by atoms with E-state index in [9.17, 15) is 0 Å². The smallest absolute Gasteiger partial charge is 0.0762 e. The molecule has 0 bridgehead atoms. The molecule has 0 saturated heterocycles. The standard InChI is InChI=1S/C11H21N3/c1-4-5-6-10(2)12-9-11-7-8-14(3)13-11/h7-8,10,12H,4-6,9H2,1-3H3. The molecule has 1 atom stereocenters. The molecule has 1 heterocycles. The SMILES string of the molecule is CCCCC(C)NCc1ccn(C)n1. The minimum absolute atomic E-state index is 0.594. The van der Waals surface area contributed by atoms with E-state index in [-0.39, 0.29) is 0 Å². The van der Waals surface area contributed by atoms with Gasteiger partial charge in [0.25, 0.3) is 0 Å². The molecule has 0 fully saturated rings. The molecule has 1 aromatic rings. The molecule has 0 spiro atoms. The summed E-state index contributed by atoms with van der Waals surface area (Å²) in [5.74, 6) is 0. The summed E-state index contributed by atoms with van der Waals surface area (Å²) in [6, 6.07) is 2.65. The molecule has 0 aliphatic carbocycles. The van der Waals surface area contributed by atoms with Crippen molar-refractivity contribution in [2.45, 2.75) is 45.7 Å². The van der Waals surface area contributed by atoms with Gasteiger partial charge in [0.2, 0.25) is 0 Å². The highest BCUT2D eigenvalue weighted by Gasteiger charge is 2.01. The first kappa shape index (κ1) is 11.2. The number of aromatic nitrogens is 2. The molecular weight excluding hydrogens is 174 g/mol. The van der Waals surface area contributed by atoms with Crippen LogP contribution in [0.15, 0.2) is 12.3 Å². The van der Waals surface area contributed by atoms with Crippen LogP contribution in [-0.4, -0.2) is 15.8 Å². The quantitative estimate of drug-likeness (QED) is 0.753. The molecule has 80 valence electrons. The normalized spacial score (nSPS) is 13.1. The fourth-order valence-corrected chi connectivity index (χ4v) is 1.45. The first-order valence-corrected chi connectivity index (χ1v) is 5.44. The van der Waals surface area contributed by atoms with Crippen molar-refractivity contribution in [3.05, 3.63) is 18.0 Å². The van der Waals surface area contributed by atoms with Crippen LogP contribution in [0.1, 0.15) is 38.8 Å². The molecule has 0 saturated carbocycles. The Labute approximate surface area is 86.5 Å². The number of nitrogens with one attached hydrogen (secondary N) is 1. The lowest BCUT2D eigenvalue weighted by Crippen LogP contribution is -2.25. The Morgan fingerprint density at radius 3 is 2.93 bits per heavy atom. The van der Waals surface area contributed by atoms with E-state index in [2.05, 4.69) is 30.3 Å². The third-order valence-electron chi connectivity index (χ3n) is 2.39. The molecule has 3 nitrogen and oxygen atoms in total. The van der Waals surface area contributed by atoms with Crippen LogP contribution in [0.25, 0.3) is 0 Å². The Morgan fingerprint density at radius 2 is 2.36 bits per heavy atom. The van der Waals surface area contributed by atoms with Crippen LogP contribution in [-0.2, 0) is 13.6 Å². The molecule has 0 aliphatic heterocycles. The molecule has 1 N–H and O–H groups in total. The van der Waals surface area contributed by atoms with Crippen molar-refractivity contribution < 1.29 is 0 Å². The Balaban J connectivity index is 2.20. The van der Waals surface area contributed by atoms with E-state index in [0.29, 0.717) is 6.04 Å². The largest absolute Gasteiger partial charge is 0.309 e. The number of rotatable bonds is 6. The third-order valence-corrected chi connectivity index (χ3v) is 2.39. The van der Waals surface area contributed by atoms with E-state index in [4.69, 9.17) is 0 Å². The fraction of sp³-hybridized carbons (Fsp3) is 0.727. The first-order chi connectivity index (χ1) is 6.72. The van der Waals surface area contributed by atoms with E-state index in [1.54, 1.807) is 0 Å². The van der Waals surface area contributed by atoms with Crippen molar-refractivity contribution in [1.29, 1.82) is 0 Å². The molecule has 1 unspecified atom stereocenters. The summed E-state index contributed by atoms with van der Waals surface area (Å²) in [5, 5.41) is 7.79. The van der Waals surface area contributed by atoms with Crippen LogP contribution in [0.5, 0.6) is 0 Å². The highest BCUT2D eigenvalue weighted by Crippen LogP contribution is 2.01. The summed E-state index contributed by atoms with van der Waals surface area (Å²) < 4.78 is 1.84. The van der Waals surface area contributed by atoms with Gasteiger partial charge < -0.3 is 5.32 Å². The topological polar surface area (TPSA) is 29.9 Å². The van der Waals surface area contributed by atoms with Gasteiger partial charge in [-0.25, -0.2) is 0 Å². The lowest BCUT2D eigenvalue weighted by Gasteiger charge is -2.11. The fourth-order valence-electron chi connectivity index (χ4n) is 1.45. The van der Waals surface area contributed by atoms with E-state index >= 15 is 0 Å². The van der Waals surface area contributed by atoms with Crippen molar-refractivity contribution >= 4 is 0 Å². The molecule has 3 heteroatoms. The van der Waals surface area contributed by atoms with Crippen molar-refractivity contribution in [3.8, 4) is 0 Å². The van der Waals surface area contributed by atoms with E-state index in [0.717, 1.165) is 12.2 Å². The Morgan fingerprint density at radius 1 is 1.57 bits per heavy atom. The predicted molar refractivity (Wildman–Crippen MR) is 59.0 cm³/mol. The molecule has 0 aromatic carbocycles. The van der Waals surface area contributed by atoms with Crippen molar-refractivity contribution in [1.82, 2.24) is 15.1 Å². The van der Waals surface area contributed by atoms with Crippen LogP contribution in [0.3, 0.4) is 0 Å². The van der Waals surface area contributed by atoms with E-state index < -0.39 is 0 Å². The van der Waals surface area contributed by atoms with Crippen molar-refractivity contribution in [2.24, 2.45) is 7.05 Å². The maximum atomic E-state index is 4.32. The number of nitrogens with zero attached hydrogens (tertiary/aromatic N) is 2. The molecule has 0 aliphatic rings. The molecule has 1 rings (SSSR count). The van der Waals surface area contributed by atoms with Gasteiger partial charge in [-0.15, -0.1) is 0 Å². The first-order valence-electron chi connectivity index (χ1n) is 5.44. The van der Waals surface area contributed by atoms with Crippen LogP contribution < -0.4 is 5.32 Å². The number of hydrogen-bond donors (Lipinski definition) is 1.